The van der Waals surface area contributed by atoms with Crippen molar-refractivity contribution < 1.29 is 9.90 Å². The number of hydrogen-bond acceptors (Lipinski definition) is 2. The van der Waals surface area contributed by atoms with Crippen molar-refractivity contribution in [3.05, 3.63) is 56.5 Å². The quantitative estimate of drug-likeness (QED) is 0.792. The molecule has 3 nitrogen and oxygen atoms in total. The van der Waals surface area contributed by atoms with E-state index in [1.54, 1.807) is 31.2 Å². The minimum atomic E-state index is -1.04. The number of carbonyl (C=O) groups is 1. The van der Waals surface area contributed by atoms with Gasteiger partial charge in [-0.1, -0.05) is 46.9 Å². The summed E-state index contributed by atoms with van der Waals surface area (Å²) < 4.78 is 0. The van der Waals surface area contributed by atoms with Crippen molar-refractivity contribution in [3.8, 4) is 0 Å². The molecule has 0 atom stereocenters. The van der Waals surface area contributed by atoms with Crippen LogP contribution in [0.15, 0.2) is 30.3 Å². The van der Waals surface area contributed by atoms with Crippen molar-refractivity contribution in [1.29, 1.82) is 0 Å². The molecule has 104 valence electrons. The minimum Gasteiger partial charge on any atom is -0.478 e. The van der Waals surface area contributed by atoms with Gasteiger partial charge in [0.05, 0.1) is 27.0 Å². The van der Waals surface area contributed by atoms with Crippen LogP contribution in [0.3, 0.4) is 0 Å². The van der Waals surface area contributed by atoms with Gasteiger partial charge in [0.2, 0.25) is 0 Å². The summed E-state index contributed by atoms with van der Waals surface area (Å²) in [5, 5.41) is 13.3. The van der Waals surface area contributed by atoms with Crippen molar-refractivity contribution >= 4 is 52.1 Å². The fourth-order valence-electron chi connectivity index (χ4n) is 1.72. The first-order valence-electron chi connectivity index (χ1n) is 5.65. The second-order valence-electron chi connectivity index (χ2n) is 4.13. The van der Waals surface area contributed by atoms with E-state index < -0.39 is 5.97 Å². The summed E-state index contributed by atoms with van der Waals surface area (Å²) in [6.07, 6.45) is 0. The SMILES string of the molecule is Cc1c(Cl)cc(Cl)c(Nc2ccccc2C(=O)O)c1Cl. The highest BCUT2D eigenvalue weighted by atomic mass is 35.5. The molecule has 0 spiro atoms. The van der Waals surface area contributed by atoms with Crippen molar-refractivity contribution in [2.45, 2.75) is 6.92 Å². The standard InChI is InChI=1S/C14H10Cl3NO2/c1-7-9(15)6-10(16)13(12(7)17)18-11-5-3-2-4-8(11)14(19)20/h2-6,18H,1H3,(H,19,20). The molecule has 2 rings (SSSR count). The van der Waals surface area contributed by atoms with Crippen LogP contribution in [0.5, 0.6) is 0 Å². The average Bonchev–Trinajstić information content (AvgIpc) is 2.41. The number of anilines is 2. The summed E-state index contributed by atoms with van der Waals surface area (Å²) in [4.78, 5) is 11.2. The molecule has 2 N–H and O–H groups in total. The van der Waals surface area contributed by atoms with Gasteiger partial charge in [-0.05, 0) is 30.7 Å². The van der Waals surface area contributed by atoms with Gasteiger partial charge in [0.25, 0.3) is 0 Å². The number of aromatic carboxylic acids is 1. The Hall–Kier alpha value is -1.42. The average molecular weight is 331 g/mol. The van der Waals surface area contributed by atoms with Crippen molar-refractivity contribution in [2.75, 3.05) is 5.32 Å². The lowest BCUT2D eigenvalue weighted by Gasteiger charge is -2.15. The predicted molar refractivity (Wildman–Crippen MR) is 82.9 cm³/mol. The van der Waals surface area contributed by atoms with Crippen LogP contribution >= 0.6 is 34.8 Å². The molecule has 0 unspecified atom stereocenters. The summed E-state index contributed by atoms with van der Waals surface area (Å²) in [6, 6.07) is 8.07. The molecule has 0 bridgehead atoms. The first-order chi connectivity index (χ1) is 9.41. The molecule has 0 aromatic heterocycles. The molecule has 6 heteroatoms. The summed E-state index contributed by atoms with van der Waals surface area (Å²) in [5.41, 5.74) is 1.65. The van der Waals surface area contributed by atoms with E-state index in [9.17, 15) is 4.79 Å². The largest absolute Gasteiger partial charge is 0.478 e. The lowest BCUT2D eigenvalue weighted by molar-refractivity contribution is 0.0698. The third-order valence-corrected chi connectivity index (χ3v) is 3.98. The van der Waals surface area contributed by atoms with Gasteiger partial charge in [-0.3, -0.25) is 0 Å². The van der Waals surface area contributed by atoms with Crippen molar-refractivity contribution in [1.82, 2.24) is 0 Å². The van der Waals surface area contributed by atoms with Gasteiger partial charge in [-0.15, -0.1) is 0 Å². The Bertz CT molecular complexity index is 686. The maximum atomic E-state index is 11.2. The number of rotatable bonds is 3. The highest BCUT2D eigenvalue weighted by Gasteiger charge is 2.15. The topological polar surface area (TPSA) is 49.3 Å². The zero-order valence-corrected chi connectivity index (χ0v) is 12.6. The van der Waals surface area contributed by atoms with E-state index >= 15 is 0 Å². The van der Waals surface area contributed by atoms with E-state index in [1.165, 1.54) is 6.07 Å². The van der Waals surface area contributed by atoms with E-state index in [0.717, 1.165) is 0 Å². The maximum Gasteiger partial charge on any atom is 0.337 e. The third-order valence-electron chi connectivity index (χ3n) is 2.82. The third kappa shape index (κ3) is 2.85. The summed E-state index contributed by atoms with van der Waals surface area (Å²) in [5.74, 6) is -1.04. The Morgan fingerprint density at radius 1 is 1.15 bits per heavy atom. The fraction of sp³-hybridized carbons (Fsp3) is 0.0714. The summed E-state index contributed by atoms with van der Waals surface area (Å²) in [6.45, 7) is 1.76. The molecule has 0 aliphatic heterocycles. The Balaban J connectivity index is 2.51. The highest BCUT2D eigenvalue weighted by molar-refractivity contribution is 6.42. The first kappa shape index (κ1) is 15.0. The van der Waals surface area contributed by atoms with Crippen LogP contribution in [0.1, 0.15) is 15.9 Å². The zero-order chi connectivity index (χ0) is 14.9. The predicted octanol–water partition coefficient (Wildman–Crippen LogP) is 5.40. The lowest BCUT2D eigenvalue weighted by Crippen LogP contribution is -2.03. The molecule has 0 heterocycles. The zero-order valence-electron chi connectivity index (χ0n) is 10.4. The molecule has 0 radical (unpaired) electrons. The van der Waals surface area contributed by atoms with Crippen molar-refractivity contribution in [2.24, 2.45) is 0 Å². The van der Waals surface area contributed by atoms with Gasteiger partial charge in [-0.25, -0.2) is 4.79 Å². The Kier molecular flexibility index (Phi) is 4.43. The second-order valence-corrected chi connectivity index (χ2v) is 5.32. The lowest BCUT2D eigenvalue weighted by atomic mass is 10.1. The Morgan fingerprint density at radius 2 is 1.80 bits per heavy atom. The molecule has 0 aliphatic carbocycles. The fourth-order valence-corrected chi connectivity index (χ4v) is 2.57. The monoisotopic (exact) mass is 329 g/mol. The van der Waals surface area contributed by atoms with Crippen LogP contribution in [0.25, 0.3) is 0 Å². The normalized spacial score (nSPS) is 10.4. The van der Waals surface area contributed by atoms with E-state index in [2.05, 4.69) is 5.32 Å². The van der Waals surface area contributed by atoms with Crippen molar-refractivity contribution in [3.63, 3.8) is 0 Å². The summed E-state index contributed by atoms with van der Waals surface area (Å²) >= 11 is 18.3. The van der Waals surface area contributed by atoms with Crippen LogP contribution < -0.4 is 5.32 Å². The van der Waals surface area contributed by atoms with Gasteiger partial charge in [0.1, 0.15) is 0 Å². The molecule has 0 fully saturated rings. The molecular weight excluding hydrogens is 321 g/mol. The molecule has 0 amide bonds. The number of hydrogen-bond donors (Lipinski definition) is 2. The van der Waals surface area contributed by atoms with Gasteiger partial charge < -0.3 is 10.4 Å². The van der Waals surface area contributed by atoms with Gasteiger partial charge >= 0.3 is 5.97 Å². The number of benzene rings is 2. The molecular formula is C14H10Cl3NO2. The summed E-state index contributed by atoms with van der Waals surface area (Å²) in [7, 11) is 0. The molecule has 0 aliphatic rings. The maximum absolute atomic E-state index is 11.2. The van der Waals surface area contributed by atoms with E-state index in [0.29, 0.717) is 32.0 Å². The van der Waals surface area contributed by atoms with Crippen LogP contribution in [0.4, 0.5) is 11.4 Å². The number of carboxylic acids is 1. The van der Waals surface area contributed by atoms with Crippen LogP contribution in [-0.4, -0.2) is 11.1 Å². The highest BCUT2D eigenvalue weighted by Crippen LogP contribution is 2.39. The smallest absolute Gasteiger partial charge is 0.337 e. The minimum absolute atomic E-state index is 0.132. The first-order valence-corrected chi connectivity index (χ1v) is 6.78. The van der Waals surface area contributed by atoms with E-state index in [1.807, 2.05) is 0 Å². The Morgan fingerprint density at radius 3 is 2.45 bits per heavy atom. The van der Waals surface area contributed by atoms with Crippen LogP contribution in [-0.2, 0) is 0 Å². The molecule has 2 aromatic carbocycles. The number of para-hydroxylation sites is 1. The van der Waals surface area contributed by atoms with Gasteiger partial charge in [0.15, 0.2) is 0 Å². The molecule has 0 saturated heterocycles. The van der Waals surface area contributed by atoms with Gasteiger partial charge in [0, 0.05) is 5.02 Å². The number of carboxylic acid groups (broad SMARTS) is 1. The molecule has 0 saturated carbocycles. The second kappa shape index (κ2) is 5.92. The van der Waals surface area contributed by atoms with Crippen LogP contribution in [0.2, 0.25) is 15.1 Å². The van der Waals surface area contributed by atoms with Gasteiger partial charge in [-0.2, -0.15) is 0 Å². The van der Waals surface area contributed by atoms with E-state index in [4.69, 9.17) is 39.9 Å². The Labute approximate surface area is 131 Å². The molecule has 2 aromatic rings. The van der Waals surface area contributed by atoms with E-state index in [-0.39, 0.29) is 5.56 Å². The number of nitrogens with one attached hydrogen (secondary N) is 1. The molecule has 20 heavy (non-hydrogen) atoms. The van der Waals surface area contributed by atoms with Crippen LogP contribution in [0, 0.1) is 6.92 Å². The number of halogens is 3.